The van der Waals surface area contributed by atoms with Gasteiger partial charge in [0.25, 0.3) is 10.0 Å². The van der Waals surface area contributed by atoms with Crippen LogP contribution in [-0.2, 0) is 32.6 Å². The number of amides is 2. The SMILES string of the molecule is CCOc1ccc(N(CC(=O)N(Cc2c(Cl)cccc2Cl)C(Cc2ccccc2)C(=O)NC(C)(C)C)S(=O)(=O)c2ccc(C)cc2)cc1. The summed E-state index contributed by atoms with van der Waals surface area (Å²) in [6.45, 7) is 8.94. The molecule has 4 aromatic carbocycles. The lowest BCUT2D eigenvalue weighted by atomic mass is 10.0. The van der Waals surface area contributed by atoms with E-state index in [9.17, 15) is 18.0 Å². The third kappa shape index (κ3) is 9.52. The van der Waals surface area contributed by atoms with Crippen molar-refractivity contribution >= 4 is 50.7 Å². The van der Waals surface area contributed by atoms with Crippen LogP contribution in [-0.4, -0.2) is 49.9 Å². The number of nitrogens with zero attached hydrogens (tertiary/aromatic N) is 2. The molecule has 0 saturated heterocycles. The first-order valence-corrected chi connectivity index (χ1v) is 17.8. The van der Waals surface area contributed by atoms with Gasteiger partial charge in [0, 0.05) is 34.1 Å². The maximum absolute atomic E-state index is 14.7. The van der Waals surface area contributed by atoms with Gasteiger partial charge in [0.15, 0.2) is 0 Å². The number of hydrogen-bond donors (Lipinski definition) is 1. The van der Waals surface area contributed by atoms with E-state index in [0.29, 0.717) is 28.0 Å². The first-order chi connectivity index (χ1) is 22.7. The van der Waals surface area contributed by atoms with E-state index >= 15 is 0 Å². The van der Waals surface area contributed by atoms with Crippen molar-refractivity contribution in [3.63, 3.8) is 0 Å². The Labute approximate surface area is 293 Å². The topological polar surface area (TPSA) is 96.0 Å². The van der Waals surface area contributed by atoms with Crippen molar-refractivity contribution in [1.29, 1.82) is 0 Å². The standard InChI is InChI=1S/C37H41Cl2N3O5S/c1-6-47-29-19-17-28(18-20-29)42(48(45,46)30-21-15-26(2)16-22-30)25-35(43)41(24-31-32(38)13-10-14-33(31)39)34(36(44)40-37(3,4)5)23-27-11-8-7-9-12-27/h7-22,34H,6,23-25H2,1-5H3,(H,40,44). The van der Waals surface area contributed by atoms with E-state index in [0.717, 1.165) is 15.4 Å². The number of nitrogens with one attached hydrogen (secondary N) is 1. The molecule has 0 aromatic heterocycles. The second kappa shape index (κ2) is 15.9. The van der Waals surface area contributed by atoms with Crippen molar-refractivity contribution in [2.75, 3.05) is 17.5 Å². The average molecular weight is 711 g/mol. The van der Waals surface area contributed by atoms with Crippen LogP contribution in [0, 0.1) is 6.92 Å². The Kier molecular flexibility index (Phi) is 12.2. The lowest BCUT2D eigenvalue weighted by molar-refractivity contribution is -0.140. The number of aryl methyl sites for hydroxylation is 1. The Morgan fingerprint density at radius 2 is 1.46 bits per heavy atom. The first kappa shape index (κ1) is 36.8. The second-order valence-electron chi connectivity index (χ2n) is 12.4. The smallest absolute Gasteiger partial charge is 0.264 e. The maximum Gasteiger partial charge on any atom is 0.264 e. The van der Waals surface area contributed by atoms with Crippen LogP contribution in [0.4, 0.5) is 5.69 Å². The summed E-state index contributed by atoms with van der Waals surface area (Å²) < 4.78 is 35.2. The van der Waals surface area contributed by atoms with Crippen LogP contribution in [0.15, 0.2) is 102 Å². The Morgan fingerprint density at radius 3 is 2.02 bits per heavy atom. The fourth-order valence-corrected chi connectivity index (χ4v) is 7.03. The van der Waals surface area contributed by atoms with E-state index in [1.165, 1.54) is 17.0 Å². The molecule has 1 N–H and O–H groups in total. The summed E-state index contributed by atoms with van der Waals surface area (Å²) in [5, 5.41) is 3.63. The van der Waals surface area contributed by atoms with E-state index in [2.05, 4.69) is 5.32 Å². The molecule has 4 aromatic rings. The number of carbonyl (C=O) groups is 2. The highest BCUT2D eigenvalue weighted by Crippen LogP contribution is 2.30. The summed E-state index contributed by atoms with van der Waals surface area (Å²) in [6.07, 6.45) is 0.157. The molecule has 254 valence electrons. The fraction of sp³-hybridized carbons (Fsp3) is 0.297. The lowest BCUT2D eigenvalue weighted by Crippen LogP contribution is -2.56. The summed E-state index contributed by atoms with van der Waals surface area (Å²) in [4.78, 5) is 30.1. The van der Waals surface area contributed by atoms with Crippen molar-refractivity contribution in [1.82, 2.24) is 10.2 Å². The van der Waals surface area contributed by atoms with E-state index in [-0.39, 0.29) is 23.5 Å². The van der Waals surface area contributed by atoms with Gasteiger partial charge in [0.2, 0.25) is 11.8 Å². The normalized spacial score (nSPS) is 12.2. The van der Waals surface area contributed by atoms with Gasteiger partial charge in [-0.05, 0) is 88.7 Å². The highest BCUT2D eigenvalue weighted by molar-refractivity contribution is 7.92. The minimum atomic E-state index is -4.26. The van der Waals surface area contributed by atoms with E-state index in [4.69, 9.17) is 27.9 Å². The van der Waals surface area contributed by atoms with Crippen LogP contribution in [0.25, 0.3) is 0 Å². The van der Waals surface area contributed by atoms with Crippen LogP contribution >= 0.6 is 23.2 Å². The predicted octanol–water partition coefficient (Wildman–Crippen LogP) is 7.45. The van der Waals surface area contributed by atoms with Gasteiger partial charge in [-0.2, -0.15) is 0 Å². The molecule has 8 nitrogen and oxygen atoms in total. The molecule has 0 aliphatic heterocycles. The average Bonchev–Trinajstić information content (AvgIpc) is 3.03. The number of rotatable bonds is 13. The number of anilines is 1. The molecule has 0 spiro atoms. The second-order valence-corrected chi connectivity index (χ2v) is 15.1. The molecule has 0 bridgehead atoms. The molecule has 0 aliphatic carbocycles. The molecule has 1 unspecified atom stereocenters. The number of halogens is 2. The Hall–Kier alpha value is -4.05. The minimum absolute atomic E-state index is 0.0156. The minimum Gasteiger partial charge on any atom is -0.494 e. The van der Waals surface area contributed by atoms with Crippen molar-refractivity contribution in [3.8, 4) is 5.75 Å². The third-order valence-corrected chi connectivity index (χ3v) is 9.98. The molecule has 1 atom stereocenters. The maximum atomic E-state index is 14.7. The number of sulfonamides is 1. The van der Waals surface area contributed by atoms with Gasteiger partial charge in [-0.3, -0.25) is 13.9 Å². The van der Waals surface area contributed by atoms with E-state index < -0.39 is 40.0 Å². The predicted molar refractivity (Wildman–Crippen MR) is 192 cm³/mol. The molecule has 48 heavy (non-hydrogen) atoms. The molecular formula is C37H41Cl2N3O5S. The van der Waals surface area contributed by atoms with Gasteiger partial charge in [-0.1, -0.05) is 77.3 Å². The van der Waals surface area contributed by atoms with E-state index in [1.54, 1.807) is 54.6 Å². The van der Waals surface area contributed by atoms with Gasteiger partial charge in [-0.15, -0.1) is 0 Å². The Morgan fingerprint density at radius 1 is 0.854 bits per heavy atom. The van der Waals surface area contributed by atoms with Crippen LogP contribution in [0.2, 0.25) is 10.0 Å². The monoisotopic (exact) mass is 709 g/mol. The summed E-state index contributed by atoms with van der Waals surface area (Å²) in [6, 6.07) is 26.2. The Balaban J connectivity index is 1.85. The molecule has 0 fully saturated rings. The molecule has 4 rings (SSSR count). The van der Waals surface area contributed by atoms with Crippen LogP contribution in [0.3, 0.4) is 0 Å². The summed E-state index contributed by atoms with van der Waals surface area (Å²) in [7, 11) is -4.26. The third-order valence-electron chi connectivity index (χ3n) is 7.48. The van der Waals surface area contributed by atoms with Crippen LogP contribution in [0.5, 0.6) is 5.75 Å². The molecule has 0 aliphatic rings. The summed E-state index contributed by atoms with van der Waals surface area (Å²) in [5.41, 5.74) is 1.76. The van der Waals surface area contributed by atoms with Crippen molar-refractivity contribution in [2.45, 2.75) is 64.1 Å². The van der Waals surface area contributed by atoms with Crippen molar-refractivity contribution in [2.24, 2.45) is 0 Å². The van der Waals surface area contributed by atoms with Gasteiger partial charge in [-0.25, -0.2) is 8.42 Å². The number of carbonyl (C=O) groups excluding carboxylic acids is 2. The van der Waals surface area contributed by atoms with Gasteiger partial charge in [0.1, 0.15) is 18.3 Å². The largest absolute Gasteiger partial charge is 0.494 e. The summed E-state index contributed by atoms with van der Waals surface area (Å²) >= 11 is 13.2. The zero-order valence-corrected chi connectivity index (χ0v) is 30.1. The van der Waals surface area contributed by atoms with Crippen molar-refractivity contribution < 1.29 is 22.7 Å². The molecule has 0 saturated carbocycles. The molecule has 0 heterocycles. The van der Waals surface area contributed by atoms with Gasteiger partial charge in [0.05, 0.1) is 17.2 Å². The molecular weight excluding hydrogens is 669 g/mol. The highest BCUT2D eigenvalue weighted by Gasteiger charge is 2.36. The molecule has 11 heteroatoms. The number of hydrogen-bond acceptors (Lipinski definition) is 5. The van der Waals surface area contributed by atoms with Crippen LogP contribution in [0.1, 0.15) is 44.4 Å². The Bertz CT molecular complexity index is 1790. The lowest BCUT2D eigenvalue weighted by Gasteiger charge is -2.35. The van der Waals surface area contributed by atoms with Gasteiger partial charge >= 0.3 is 0 Å². The quantitative estimate of drug-likeness (QED) is 0.156. The number of benzene rings is 4. The molecule has 0 radical (unpaired) electrons. The van der Waals surface area contributed by atoms with Gasteiger partial charge < -0.3 is 15.0 Å². The fourth-order valence-electron chi connectivity index (χ4n) is 5.10. The van der Waals surface area contributed by atoms with Crippen LogP contribution < -0.4 is 14.4 Å². The summed E-state index contributed by atoms with van der Waals surface area (Å²) in [5.74, 6) is -0.477. The van der Waals surface area contributed by atoms with Crippen molar-refractivity contribution in [3.05, 3.63) is 124 Å². The van der Waals surface area contributed by atoms with E-state index in [1.807, 2.05) is 65.0 Å². The highest BCUT2D eigenvalue weighted by atomic mass is 35.5. The zero-order valence-electron chi connectivity index (χ0n) is 27.7. The molecule has 2 amide bonds. The first-order valence-electron chi connectivity index (χ1n) is 15.6. The zero-order chi connectivity index (χ0) is 35.1. The number of ether oxygens (including phenoxy) is 1.